The normalized spacial score (nSPS) is 22.5. The monoisotopic (exact) mass is 268 g/mol. The quantitative estimate of drug-likeness (QED) is 0.697. The summed E-state index contributed by atoms with van der Waals surface area (Å²) < 4.78 is 6.28. The number of methoxy groups -OCH3 is 1. The fourth-order valence-corrected chi connectivity index (χ4v) is 2.50. The molecule has 19 heavy (non-hydrogen) atoms. The van der Waals surface area contributed by atoms with Crippen molar-refractivity contribution >= 4 is 17.6 Å². The molecule has 1 aliphatic rings. The molecule has 4 N–H and O–H groups in total. The number of aliphatic hydroxyl groups is 1. The zero-order valence-electron chi connectivity index (χ0n) is 11.2. The van der Waals surface area contributed by atoms with Crippen LogP contribution in [-0.4, -0.2) is 40.6 Å². The first-order valence-electron chi connectivity index (χ1n) is 6.48. The number of hydrogen-bond donors (Lipinski definition) is 3. The Kier molecular flexibility index (Phi) is 3.94. The Morgan fingerprint density at radius 1 is 1.63 bits per heavy atom. The van der Waals surface area contributed by atoms with Crippen molar-refractivity contribution in [2.24, 2.45) is 0 Å². The van der Waals surface area contributed by atoms with E-state index in [-0.39, 0.29) is 17.4 Å². The topological polar surface area (TPSA) is 102 Å². The summed E-state index contributed by atoms with van der Waals surface area (Å²) in [5.41, 5.74) is 6.24. The van der Waals surface area contributed by atoms with E-state index in [9.17, 15) is 9.90 Å². The Morgan fingerprint density at radius 3 is 2.89 bits per heavy atom. The van der Waals surface area contributed by atoms with Gasteiger partial charge in [0, 0.05) is 6.54 Å². The Balaban J connectivity index is 2.42. The molecule has 7 heteroatoms. The molecule has 2 atom stereocenters. The summed E-state index contributed by atoms with van der Waals surface area (Å²) in [4.78, 5) is 11.8. The minimum absolute atomic E-state index is 0.171. The molecule has 0 spiro atoms. The summed E-state index contributed by atoms with van der Waals surface area (Å²) in [7, 11) is 1.30. The standard InChI is InChI=1S/C12H20N4O3/c1-3-14-11-9(12(18)19-2)10(13)16(15-11)7-5-4-6-8(7)17/h7-8,17H,3-6,13H2,1-2H3,(H,14,15). The van der Waals surface area contributed by atoms with Gasteiger partial charge >= 0.3 is 5.97 Å². The molecule has 7 nitrogen and oxygen atoms in total. The molecule has 1 aromatic heterocycles. The van der Waals surface area contributed by atoms with Crippen LogP contribution in [0, 0.1) is 0 Å². The second-order valence-electron chi connectivity index (χ2n) is 4.64. The van der Waals surface area contributed by atoms with Crippen molar-refractivity contribution in [3.05, 3.63) is 5.56 Å². The molecular weight excluding hydrogens is 248 g/mol. The van der Waals surface area contributed by atoms with Crippen LogP contribution in [0.5, 0.6) is 0 Å². The second-order valence-corrected chi connectivity index (χ2v) is 4.64. The summed E-state index contributed by atoms with van der Waals surface area (Å²) in [6.07, 6.45) is 1.99. The highest BCUT2D eigenvalue weighted by Gasteiger charge is 2.32. The van der Waals surface area contributed by atoms with E-state index in [2.05, 4.69) is 10.4 Å². The molecule has 2 rings (SSSR count). The van der Waals surface area contributed by atoms with Gasteiger partial charge in [-0.1, -0.05) is 0 Å². The van der Waals surface area contributed by atoms with Crippen LogP contribution in [0.3, 0.4) is 0 Å². The van der Waals surface area contributed by atoms with E-state index in [1.165, 1.54) is 7.11 Å². The molecule has 1 aromatic rings. The molecule has 1 aliphatic carbocycles. The minimum Gasteiger partial charge on any atom is -0.465 e. The van der Waals surface area contributed by atoms with Crippen molar-refractivity contribution < 1.29 is 14.6 Å². The molecule has 0 bridgehead atoms. The summed E-state index contributed by atoms with van der Waals surface area (Å²) >= 11 is 0. The molecule has 1 saturated carbocycles. The fraction of sp³-hybridized carbons (Fsp3) is 0.667. The van der Waals surface area contributed by atoms with Crippen LogP contribution in [-0.2, 0) is 4.74 Å². The molecule has 1 fully saturated rings. The summed E-state index contributed by atoms with van der Waals surface area (Å²) in [5.74, 6) is 0.131. The third-order valence-electron chi connectivity index (χ3n) is 3.44. The van der Waals surface area contributed by atoms with E-state index in [0.717, 1.165) is 19.3 Å². The maximum absolute atomic E-state index is 11.8. The highest BCUT2D eigenvalue weighted by Crippen LogP contribution is 2.34. The van der Waals surface area contributed by atoms with Gasteiger partial charge in [0.05, 0.1) is 19.3 Å². The lowest BCUT2D eigenvalue weighted by atomic mass is 10.2. The summed E-state index contributed by atoms with van der Waals surface area (Å²) in [5, 5.41) is 17.3. The first-order valence-corrected chi connectivity index (χ1v) is 6.48. The number of nitrogen functional groups attached to an aromatic ring is 1. The predicted octanol–water partition coefficient (Wildman–Crippen LogP) is 0.770. The van der Waals surface area contributed by atoms with Gasteiger partial charge in [-0.25, -0.2) is 9.48 Å². The number of aliphatic hydroxyl groups excluding tert-OH is 1. The molecule has 106 valence electrons. The lowest BCUT2D eigenvalue weighted by Crippen LogP contribution is -2.21. The van der Waals surface area contributed by atoms with Crippen molar-refractivity contribution in [3.63, 3.8) is 0 Å². The molecular formula is C12H20N4O3. The zero-order valence-corrected chi connectivity index (χ0v) is 11.2. The molecule has 0 aromatic carbocycles. The number of hydrogen-bond acceptors (Lipinski definition) is 6. The Morgan fingerprint density at radius 2 is 2.37 bits per heavy atom. The van der Waals surface area contributed by atoms with Crippen LogP contribution in [0.15, 0.2) is 0 Å². The van der Waals surface area contributed by atoms with E-state index in [1.807, 2.05) is 6.92 Å². The molecule has 0 amide bonds. The Labute approximate surface area is 111 Å². The first-order chi connectivity index (χ1) is 9.10. The van der Waals surface area contributed by atoms with Crippen molar-refractivity contribution in [1.29, 1.82) is 0 Å². The van der Waals surface area contributed by atoms with Crippen molar-refractivity contribution in [2.75, 3.05) is 24.7 Å². The number of nitrogens with two attached hydrogens (primary N) is 1. The second kappa shape index (κ2) is 5.48. The molecule has 1 heterocycles. The van der Waals surface area contributed by atoms with Gasteiger partial charge in [0.15, 0.2) is 5.82 Å². The zero-order chi connectivity index (χ0) is 14.0. The van der Waals surface area contributed by atoms with Crippen molar-refractivity contribution in [2.45, 2.75) is 38.3 Å². The number of aromatic nitrogens is 2. The fourth-order valence-electron chi connectivity index (χ4n) is 2.50. The molecule has 0 aliphatic heterocycles. The average Bonchev–Trinajstić information content (AvgIpc) is 2.93. The van der Waals surface area contributed by atoms with Gasteiger partial charge < -0.3 is 20.9 Å². The molecule has 0 radical (unpaired) electrons. The summed E-state index contributed by atoms with van der Waals surface area (Å²) in [6, 6.07) is -0.171. The Bertz CT molecular complexity index is 472. The van der Waals surface area contributed by atoms with Gasteiger partial charge in [-0.15, -0.1) is 0 Å². The number of carbonyl (C=O) groups is 1. The van der Waals surface area contributed by atoms with E-state index in [1.54, 1.807) is 4.68 Å². The van der Waals surface area contributed by atoms with Gasteiger partial charge in [-0.3, -0.25) is 0 Å². The van der Waals surface area contributed by atoms with Gasteiger partial charge in [0.1, 0.15) is 11.4 Å². The molecule has 0 saturated heterocycles. The first kappa shape index (κ1) is 13.7. The lowest BCUT2D eigenvalue weighted by molar-refractivity contribution is 0.0602. The third kappa shape index (κ3) is 2.37. The van der Waals surface area contributed by atoms with Crippen molar-refractivity contribution in [1.82, 2.24) is 9.78 Å². The van der Waals surface area contributed by atoms with Crippen LogP contribution in [0.2, 0.25) is 0 Å². The van der Waals surface area contributed by atoms with Crippen LogP contribution in [0.1, 0.15) is 42.6 Å². The summed E-state index contributed by atoms with van der Waals surface area (Å²) in [6.45, 7) is 2.52. The van der Waals surface area contributed by atoms with Crippen LogP contribution in [0.4, 0.5) is 11.6 Å². The van der Waals surface area contributed by atoms with E-state index < -0.39 is 12.1 Å². The van der Waals surface area contributed by atoms with Crippen LogP contribution >= 0.6 is 0 Å². The van der Waals surface area contributed by atoms with Crippen LogP contribution < -0.4 is 11.1 Å². The number of anilines is 2. The Hall–Kier alpha value is -1.76. The van der Waals surface area contributed by atoms with Crippen molar-refractivity contribution in [3.8, 4) is 0 Å². The average molecular weight is 268 g/mol. The van der Waals surface area contributed by atoms with Gasteiger partial charge in [-0.05, 0) is 26.2 Å². The maximum atomic E-state index is 11.8. The smallest absolute Gasteiger partial charge is 0.345 e. The SMILES string of the molecule is CCNc1nn(C2CCCC2O)c(N)c1C(=O)OC. The largest absolute Gasteiger partial charge is 0.465 e. The third-order valence-corrected chi connectivity index (χ3v) is 3.44. The number of nitrogens with one attached hydrogen (secondary N) is 1. The highest BCUT2D eigenvalue weighted by molar-refractivity contribution is 5.99. The number of nitrogens with zero attached hydrogens (tertiary/aromatic N) is 2. The number of carbonyl (C=O) groups excluding carboxylic acids is 1. The lowest BCUT2D eigenvalue weighted by Gasteiger charge is -2.16. The maximum Gasteiger partial charge on any atom is 0.345 e. The van der Waals surface area contributed by atoms with Gasteiger partial charge in [0.25, 0.3) is 0 Å². The van der Waals surface area contributed by atoms with Crippen LogP contribution in [0.25, 0.3) is 0 Å². The predicted molar refractivity (Wildman–Crippen MR) is 71.0 cm³/mol. The number of ether oxygens (including phenoxy) is 1. The van der Waals surface area contributed by atoms with E-state index in [0.29, 0.717) is 12.4 Å². The van der Waals surface area contributed by atoms with Gasteiger partial charge in [-0.2, -0.15) is 5.10 Å². The molecule has 2 unspecified atom stereocenters. The number of rotatable bonds is 4. The van der Waals surface area contributed by atoms with E-state index in [4.69, 9.17) is 10.5 Å². The highest BCUT2D eigenvalue weighted by atomic mass is 16.5. The van der Waals surface area contributed by atoms with E-state index >= 15 is 0 Å². The minimum atomic E-state index is -0.521. The number of esters is 1. The van der Waals surface area contributed by atoms with Gasteiger partial charge in [0.2, 0.25) is 0 Å².